The third-order valence-electron chi connectivity index (χ3n) is 6.67. The first kappa shape index (κ1) is 33.2. The molecule has 2 amide bonds. The van der Waals surface area contributed by atoms with Crippen molar-refractivity contribution in [1.29, 1.82) is 0 Å². The van der Waals surface area contributed by atoms with Crippen LogP contribution in [-0.4, -0.2) is 51.4 Å². The van der Waals surface area contributed by atoms with Gasteiger partial charge >= 0.3 is 0 Å². The number of halogens is 2. The molecule has 0 saturated heterocycles. The second kappa shape index (κ2) is 14.8. The maximum Gasteiger partial charge on any atom is 0.264 e. The molecule has 1 N–H and O–H groups in total. The summed E-state index contributed by atoms with van der Waals surface area (Å²) in [5, 5.41) is 3.04. The molecule has 42 heavy (non-hydrogen) atoms. The predicted molar refractivity (Wildman–Crippen MR) is 168 cm³/mol. The lowest BCUT2D eigenvalue weighted by molar-refractivity contribution is -0.140. The number of carbonyl (C=O) groups is 2. The number of ether oxygens (including phenoxy) is 1. The highest BCUT2D eigenvalue weighted by Crippen LogP contribution is 2.35. The maximum atomic E-state index is 14.2. The summed E-state index contributed by atoms with van der Waals surface area (Å²) >= 11 is 12.8. The fourth-order valence-corrected chi connectivity index (χ4v) is 6.18. The van der Waals surface area contributed by atoms with E-state index >= 15 is 0 Å². The number of nitrogens with zero attached hydrogens (tertiary/aromatic N) is 2. The molecule has 0 aliphatic carbocycles. The van der Waals surface area contributed by atoms with Gasteiger partial charge in [0.2, 0.25) is 11.8 Å². The average Bonchev–Trinajstić information content (AvgIpc) is 2.96. The minimum absolute atomic E-state index is 0.00826. The topological polar surface area (TPSA) is 96.0 Å². The van der Waals surface area contributed by atoms with E-state index in [0.29, 0.717) is 18.7 Å². The first-order valence-electron chi connectivity index (χ1n) is 13.6. The summed E-state index contributed by atoms with van der Waals surface area (Å²) in [5.41, 5.74) is 1.68. The maximum absolute atomic E-state index is 14.2. The van der Waals surface area contributed by atoms with Crippen molar-refractivity contribution in [2.75, 3.05) is 24.5 Å². The van der Waals surface area contributed by atoms with Crippen LogP contribution in [0.5, 0.6) is 5.75 Å². The van der Waals surface area contributed by atoms with Crippen LogP contribution in [0.2, 0.25) is 10.0 Å². The van der Waals surface area contributed by atoms with Crippen LogP contribution in [0.1, 0.15) is 38.3 Å². The molecule has 226 valence electrons. The number of hydrogen-bond acceptors (Lipinski definition) is 5. The Labute approximate surface area is 258 Å². The summed E-state index contributed by atoms with van der Waals surface area (Å²) < 4.78 is 34.2. The number of rotatable bonds is 13. The highest BCUT2D eigenvalue weighted by atomic mass is 35.5. The zero-order valence-electron chi connectivity index (χ0n) is 24.4. The van der Waals surface area contributed by atoms with Crippen LogP contribution in [0.15, 0.2) is 71.6 Å². The summed E-state index contributed by atoms with van der Waals surface area (Å²) in [7, 11) is -2.71. The monoisotopic (exact) mass is 633 g/mol. The van der Waals surface area contributed by atoms with Crippen molar-refractivity contribution >= 4 is 50.7 Å². The summed E-state index contributed by atoms with van der Waals surface area (Å²) in [6.45, 7) is 7.50. The molecule has 0 radical (unpaired) electrons. The van der Waals surface area contributed by atoms with Crippen LogP contribution in [0, 0.1) is 12.8 Å². The average molecular weight is 635 g/mol. The molecule has 0 spiro atoms. The number of methoxy groups -OCH3 is 1. The van der Waals surface area contributed by atoms with Crippen molar-refractivity contribution in [3.05, 3.63) is 87.9 Å². The van der Waals surface area contributed by atoms with E-state index in [1.54, 1.807) is 49.6 Å². The third-order valence-corrected chi connectivity index (χ3v) is 9.25. The van der Waals surface area contributed by atoms with Crippen LogP contribution in [0.25, 0.3) is 0 Å². The lowest BCUT2D eigenvalue weighted by Gasteiger charge is -2.33. The van der Waals surface area contributed by atoms with E-state index in [2.05, 4.69) is 5.32 Å². The number of benzene rings is 3. The molecule has 0 bridgehead atoms. The Balaban J connectivity index is 2.08. The van der Waals surface area contributed by atoms with Gasteiger partial charge in [0.05, 0.1) is 27.7 Å². The van der Waals surface area contributed by atoms with Gasteiger partial charge < -0.3 is 15.0 Å². The van der Waals surface area contributed by atoms with Gasteiger partial charge in [-0.2, -0.15) is 0 Å². The van der Waals surface area contributed by atoms with Crippen molar-refractivity contribution in [3.63, 3.8) is 0 Å². The molecular formula is C31H37Cl2N3O5S. The SMILES string of the molecule is CC[C@H](C(=O)NCC(C)C)N(Cc1ccc(OC)cc1)C(=O)CN(c1cccc(Cl)c1Cl)S(=O)(=O)c1ccc(C)cc1. The molecule has 11 heteroatoms. The molecule has 0 aliphatic rings. The van der Waals surface area contributed by atoms with E-state index < -0.39 is 28.5 Å². The first-order chi connectivity index (χ1) is 19.9. The predicted octanol–water partition coefficient (Wildman–Crippen LogP) is 6.09. The standard InChI is InChI=1S/C31H37Cl2N3O5S/c1-6-27(31(38)34-18-21(2)3)35(19-23-12-14-24(41-5)15-13-23)29(37)20-36(28-9-7-8-26(32)30(28)33)42(39,40)25-16-10-22(4)11-17-25/h7-17,21,27H,6,18-20H2,1-5H3,(H,34,38)/t27-/m1/s1. The van der Waals surface area contributed by atoms with Gasteiger partial charge in [0.25, 0.3) is 10.0 Å². The second-order valence-electron chi connectivity index (χ2n) is 10.3. The fraction of sp³-hybridized carbons (Fsp3) is 0.355. The number of carbonyl (C=O) groups excluding carboxylic acids is 2. The van der Waals surface area contributed by atoms with Crippen LogP contribution < -0.4 is 14.4 Å². The number of hydrogen-bond donors (Lipinski definition) is 1. The first-order valence-corrected chi connectivity index (χ1v) is 15.8. The number of aryl methyl sites for hydroxylation is 1. The summed E-state index contributed by atoms with van der Waals surface area (Å²) in [6, 6.07) is 17.2. The van der Waals surface area contributed by atoms with Gasteiger partial charge in [-0.15, -0.1) is 0 Å². The minimum Gasteiger partial charge on any atom is -0.497 e. The molecule has 0 fully saturated rings. The summed E-state index contributed by atoms with van der Waals surface area (Å²) in [4.78, 5) is 28.9. The Bertz CT molecular complexity index is 1480. The molecule has 8 nitrogen and oxygen atoms in total. The van der Waals surface area contributed by atoms with Gasteiger partial charge in [-0.1, -0.05) is 79.9 Å². The van der Waals surface area contributed by atoms with Gasteiger partial charge in [0, 0.05) is 13.1 Å². The number of anilines is 1. The van der Waals surface area contributed by atoms with Crippen LogP contribution in [0.3, 0.4) is 0 Å². The largest absolute Gasteiger partial charge is 0.497 e. The van der Waals surface area contributed by atoms with E-state index in [9.17, 15) is 18.0 Å². The summed E-state index contributed by atoms with van der Waals surface area (Å²) in [6.07, 6.45) is 0.314. The summed E-state index contributed by atoms with van der Waals surface area (Å²) in [5.74, 6) is -0.0486. The molecule has 1 atom stereocenters. The van der Waals surface area contributed by atoms with Crippen molar-refractivity contribution < 1.29 is 22.7 Å². The van der Waals surface area contributed by atoms with E-state index in [4.69, 9.17) is 27.9 Å². The number of amides is 2. The van der Waals surface area contributed by atoms with E-state index in [1.165, 1.54) is 29.2 Å². The van der Waals surface area contributed by atoms with Gasteiger partial charge in [-0.05, 0) is 61.2 Å². The van der Waals surface area contributed by atoms with E-state index in [0.717, 1.165) is 15.4 Å². The van der Waals surface area contributed by atoms with Gasteiger partial charge in [0.15, 0.2) is 0 Å². The lowest BCUT2D eigenvalue weighted by Crippen LogP contribution is -2.52. The molecule has 3 aromatic carbocycles. The third kappa shape index (κ3) is 8.18. The molecule has 3 rings (SSSR count). The highest BCUT2D eigenvalue weighted by Gasteiger charge is 2.34. The molecule has 0 unspecified atom stereocenters. The van der Waals surface area contributed by atoms with Crippen LogP contribution >= 0.6 is 23.2 Å². The van der Waals surface area contributed by atoms with Crippen molar-refractivity contribution in [2.45, 2.75) is 51.6 Å². The molecule has 3 aromatic rings. The molecule has 0 aliphatic heterocycles. The Morgan fingerprint density at radius 1 is 0.976 bits per heavy atom. The van der Waals surface area contributed by atoms with Gasteiger partial charge in [0.1, 0.15) is 18.3 Å². The van der Waals surface area contributed by atoms with E-state index in [1.807, 2.05) is 27.7 Å². The van der Waals surface area contributed by atoms with Crippen molar-refractivity contribution in [1.82, 2.24) is 10.2 Å². The van der Waals surface area contributed by atoms with Gasteiger partial charge in [-0.25, -0.2) is 8.42 Å². The Morgan fingerprint density at radius 3 is 2.19 bits per heavy atom. The van der Waals surface area contributed by atoms with Crippen molar-refractivity contribution in [2.24, 2.45) is 5.92 Å². The van der Waals surface area contributed by atoms with Crippen molar-refractivity contribution in [3.8, 4) is 5.75 Å². The molecule has 0 saturated carbocycles. The second-order valence-corrected chi connectivity index (χ2v) is 13.0. The van der Waals surface area contributed by atoms with E-state index in [-0.39, 0.29) is 39.0 Å². The Morgan fingerprint density at radius 2 is 1.62 bits per heavy atom. The molecule has 0 aromatic heterocycles. The zero-order chi connectivity index (χ0) is 31.0. The van der Waals surface area contributed by atoms with Crippen LogP contribution in [0.4, 0.5) is 5.69 Å². The normalized spacial score (nSPS) is 12.1. The quantitative estimate of drug-likeness (QED) is 0.246. The Kier molecular flexibility index (Phi) is 11.7. The highest BCUT2D eigenvalue weighted by molar-refractivity contribution is 7.92. The number of sulfonamides is 1. The molecular weight excluding hydrogens is 597 g/mol. The number of nitrogens with one attached hydrogen (secondary N) is 1. The smallest absolute Gasteiger partial charge is 0.264 e. The zero-order valence-corrected chi connectivity index (χ0v) is 26.8. The Hall–Kier alpha value is -3.27. The fourth-order valence-electron chi connectivity index (χ4n) is 4.31. The molecule has 0 heterocycles. The van der Waals surface area contributed by atoms with Gasteiger partial charge in [-0.3, -0.25) is 13.9 Å². The lowest BCUT2D eigenvalue weighted by atomic mass is 10.1. The minimum atomic E-state index is -4.27. The van der Waals surface area contributed by atoms with Crippen LogP contribution in [-0.2, 0) is 26.2 Å².